The molecule has 3 rings (SSSR count). The number of hydrogen-bond acceptors (Lipinski definition) is 7. The molecule has 0 aromatic heterocycles. The highest BCUT2D eigenvalue weighted by Crippen LogP contribution is 2.65. The highest BCUT2D eigenvalue weighted by atomic mass is 16.6. The van der Waals surface area contributed by atoms with Gasteiger partial charge in [0, 0.05) is 26.2 Å². The third-order valence-corrected chi connectivity index (χ3v) is 10.1. The van der Waals surface area contributed by atoms with Crippen LogP contribution in [-0.2, 0) is 23.9 Å². The van der Waals surface area contributed by atoms with Crippen LogP contribution in [-0.4, -0.2) is 102 Å². The van der Waals surface area contributed by atoms with Crippen LogP contribution >= 0.6 is 0 Å². The number of nitrogens with one attached hydrogen (secondary N) is 4. The van der Waals surface area contributed by atoms with Crippen molar-refractivity contribution in [2.45, 2.75) is 112 Å². The molecule has 6 amide bonds. The van der Waals surface area contributed by atoms with Crippen LogP contribution in [0.15, 0.2) is 12.7 Å². The minimum Gasteiger partial charge on any atom is -0.449 e. The Morgan fingerprint density at radius 3 is 2.27 bits per heavy atom. The Hall–Kier alpha value is -3.64. The van der Waals surface area contributed by atoms with E-state index in [0.29, 0.717) is 32.5 Å². The first-order chi connectivity index (χ1) is 22.2. The van der Waals surface area contributed by atoms with Crippen molar-refractivity contribution < 1.29 is 33.5 Å². The lowest BCUT2D eigenvalue weighted by Crippen LogP contribution is -2.63. The number of ether oxygens (including phenoxy) is 1. The summed E-state index contributed by atoms with van der Waals surface area (Å²) < 4.78 is 5.18. The lowest BCUT2D eigenvalue weighted by molar-refractivity contribution is -0.145. The number of carbonyl (C=O) groups is 6. The van der Waals surface area contributed by atoms with Crippen molar-refractivity contribution in [2.24, 2.45) is 28.1 Å². The maximum absolute atomic E-state index is 14.4. The summed E-state index contributed by atoms with van der Waals surface area (Å²) in [6.07, 6.45) is 3.42. The van der Waals surface area contributed by atoms with Crippen LogP contribution in [0.1, 0.15) is 88.0 Å². The first-order valence-corrected chi connectivity index (χ1v) is 17.3. The van der Waals surface area contributed by atoms with Crippen molar-refractivity contribution in [1.29, 1.82) is 0 Å². The molecule has 0 aromatic carbocycles. The van der Waals surface area contributed by atoms with Crippen LogP contribution in [0, 0.1) is 28.1 Å². The number of ketones is 1. The molecule has 0 aromatic rings. The molecule has 4 N–H and O–H groups in total. The number of cyclic esters (lactones) is 1. The van der Waals surface area contributed by atoms with Gasteiger partial charge in [0.05, 0.1) is 18.7 Å². The number of fused-ring (bicyclic) bond motifs is 1. The number of rotatable bonds is 14. The van der Waals surface area contributed by atoms with Gasteiger partial charge in [-0.25, -0.2) is 9.59 Å². The van der Waals surface area contributed by atoms with Crippen molar-refractivity contribution in [3.8, 4) is 0 Å². The average Bonchev–Trinajstić information content (AvgIpc) is 3.31. The molecule has 1 aliphatic carbocycles. The van der Waals surface area contributed by atoms with Crippen LogP contribution in [0.5, 0.6) is 0 Å². The lowest BCUT2D eigenvalue weighted by Gasteiger charge is -2.39. The zero-order valence-corrected chi connectivity index (χ0v) is 30.4. The van der Waals surface area contributed by atoms with Gasteiger partial charge in [0.25, 0.3) is 5.91 Å². The summed E-state index contributed by atoms with van der Waals surface area (Å²) in [6.45, 7) is 22.7. The quantitative estimate of drug-likeness (QED) is 0.162. The molecule has 48 heavy (non-hydrogen) atoms. The fraction of sp³-hybridized carbons (Fsp3) is 0.771. The van der Waals surface area contributed by atoms with Crippen molar-refractivity contribution in [3.05, 3.63) is 12.7 Å². The van der Waals surface area contributed by atoms with E-state index < -0.39 is 70.6 Å². The summed E-state index contributed by atoms with van der Waals surface area (Å²) in [4.78, 5) is 83.0. The standard InChI is InChI=1S/C35H58N6O7/c1-11-13-15-22(26(42)29(44)36-16-12-2)37-28(43)25-24-21(35(24,9)10)19-41(25)30(45)27(34(6,7)8)39-31(46)38-23(33(3,4)5)20-40-17-14-18-48-32(40)47/h12,21-25,27H,2,11,13-20H2,1,3-10H3,(H,36,44)(H,37,43)(H2,38,39,46)/t21-,22?,23+,24-,25-,27+/m0/s1. The van der Waals surface area contributed by atoms with Gasteiger partial charge in [-0.1, -0.05) is 81.2 Å². The van der Waals surface area contributed by atoms with E-state index in [1.165, 1.54) is 11.0 Å². The number of piperidine rings is 1. The van der Waals surface area contributed by atoms with E-state index in [1.54, 1.807) is 4.90 Å². The molecule has 2 heterocycles. The van der Waals surface area contributed by atoms with E-state index in [4.69, 9.17) is 4.74 Å². The largest absolute Gasteiger partial charge is 0.449 e. The average molecular weight is 675 g/mol. The number of hydrogen-bond donors (Lipinski definition) is 4. The predicted molar refractivity (Wildman–Crippen MR) is 182 cm³/mol. The van der Waals surface area contributed by atoms with Gasteiger partial charge in [0.1, 0.15) is 12.1 Å². The molecule has 13 heteroatoms. The van der Waals surface area contributed by atoms with Gasteiger partial charge >= 0.3 is 12.1 Å². The minimum absolute atomic E-state index is 0.0712. The maximum Gasteiger partial charge on any atom is 0.409 e. The molecule has 1 unspecified atom stereocenters. The summed E-state index contributed by atoms with van der Waals surface area (Å²) in [7, 11) is 0. The van der Waals surface area contributed by atoms with Gasteiger partial charge in [0.15, 0.2) is 0 Å². The zero-order chi connectivity index (χ0) is 36.2. The fourth-order valence-corrected chi connectivity index (χ4v) is 6.82. The van der Waals surface area contributed by atoms with E-state index >= 15 is 0 Å². The maximum atomic E-state index is 14.4. The van der Waals surface area contributed by atoms with Gasteiger partial charge < -0.3 is 35.8 Å². The summed E-state index contributed by atoms with van der Waals surface area (Å²) in [5.41, 5.74) is -1.34. The van der Waals surface area contributed by atoms with E-state index in [1.807, 2.05) is 48.5 Å². The molecule has 2 aliphatic heterocycles. The number of amides is 6. The first-order valence-electron chi connectivity index (χ1n) is 17.3. The van der Waals surface area contributed by atoms with Crippen molar-refractivity contribution in [3.63, 3.8) is 0 Å². The van der Waals surface area contributed by atoms with Crippen molar-refractivity contribution >= 4 is 35.6 Å². The van der Waals surface area contributed by atoms with E-state index in [9.17, 15) is 28.8 Å². The molecule has 13 nitrogen and oxygen atoms in total. The number of Topliss-reactive ketones (excluding diaryl/α,β-unsaturated/α-hetero) is 1. The SMILES string of the molecule is C=CCNC(=O)C(=O)C(CCCC)NC(=O)[C@@H]1[C@@H]2[C@H](CN1C(=O)[C@@H](NC(=O)N[C@H](CN1CCCOC1=O)C(C)(C)C)C(C)(C)C)C2(C)C. The monoisotopic (exact) mass is 674 g/mol. The van der Waals surface area contributed by atoms with Crippen LogP contribution in [0.25, 0.3) is 0 Å². The summed E-state index contributed by atoms with van der Waals surface area (Å²) >= 11 is 0. The normalized spacial score (nSPS) is 23.5. The van der Waals surface area contributed by atoms with Gasteiger partial charge in [-0.05, 0) is 40.9 Å². The predicted octanol–water partition coefficient (Wildman–Crippen LogP) is 2.99. The number of unbranched alkanes of at least 4 members (excludes halogenated alkanes) is 1. The van der Waals surface area contributed by atoms with Gasteiger partial charge in [-0.15, -0.1) is 6.58 Å². The number of likely N-dealkylation sites (tertiary alicyclic amines) is 1. The van der Waals surface area contributed by atoms with E-state index in [2.05, 4.69) is 41.7 Å². The molecular weight excluding hydrogens is 616 g/mol. The lowest BCUT2D eigenvalue weighted by atomic mass is 9.85. The van der Waals surface area contributed by atoms with Crippen LogP contribution in [0.4, 0.5) is 9.59 Å². The third-order valence-electron chi connectivity index (χ3n) is 10.1. The topological polar surface area (TPSA) is 166 Å². The molecular formula is C35H58N6O7. The highest BCUT2D eigenvalue weighted by molar-refractivity contribution is 6.38. The summed E-state index contributed by atoms with van der Waals surface area (Å²) in [6, 6.07) is -3.90. The van der Waals surface area contributed by atoms with Gasteiger partial charge in [-0.2, -0.15) is 0 Å². The second kappa shape index (κ2) is 15.3. The molecule has 3 fully saturated rings. The Bertz CT molecular complexity index is 1250. The molecule has 0 bridgehead atoms. The number of nitrogens with zero attached hydrogens (tertiary/aromatic N) is 2. The summed E-state index contributed by atoms with van der Waals surface area (Å²) in [5, 5.41) is 11.2. The Morgan fingerprint density at radius 2 is 1.71 bits per heavy atom. The molecule has 3 aliphatic rings. The molecule has 2 saturated heterocycles. The van der Waals surface area contributed by atoms with Crippen LogP contribution in [0.3, 0.4) is 0 Å². The van der Waals surface area contributed by atoms with Gasteiger partial charge in [0.2, 0.25) is 17.6 Å². The number of urea groups is 1. The molecule has 6 atom stereocenters. The van der Waals surface area contributed by atoms with Crippen LogP contribution < -0.4 is 21.3 Å². The van der Waals surface area contributed by atoms with E-state index in [0.717, 1.165) is 6.42 Å². The Labute approximate surface area is 285 Å². The Morgan fingerprint density at radius 1 is 1.04 bits per heavy atom. The first kappa shape index (κ1) is 38.8. The summed E-state index contributed by atoms with van der Waals surface area (Å²) in [5.74, 6) is -2.48. The molecule has 0 spiro atoms. The van der Waals surface area contributed by atoms with Crippen molar-refractivity contribution in [2.75, 3.05) is 32.8 Å². The second-order valence-corrected chi connectivity index (χ2v) is 16.2. The zero-order valence-electron chi connectivity index (χ0n) is 30.4. The van der Waals surface area contributed by atoms with E-state index in [-0.39, 0.29) is 36.8 Å². The molecule has 270 valence electrons. The van der Waals surface area contributed by atoms with Gasteiger partial charge in [-0.3, -0.25) is 19.2 Å². The smallest absolute Gasteiger partial charge is 0.409 e. The Balaban J connectivity index is 1.82. The number of carbonyl (C=O) groups excluding carboxylic acids is 6. The molecule has 1 saturated carbocycles. The molecule has 0 radical (unpaired) electrons. The second-order valence-electron chi connectivity index (χ2n) is 16.2. The third kappa shape index (κ3) is 9.07. The Kier molecular flexibility index (Phi) is 12.4. The minimum atomic E-state index is -1.03. The van der Waals surface area contributed by atoms with Crippen LogP contribution in [0.2, 0.25) is 0 Å². The highest BCUT2D eigenvalue weighted by Gasteiger charge is 2.70. The fourth-order valence-electron chi connectivity index (χ4n) is 6.82. The van der Waals surface area contributed by atoms with Crippen molar-refractivity contribution in [1.82, 2.24) is 31.1 Å².